The van der Waals surface area contributed by atoms with Crippen molar-refractivity contribution in [3.8, 4) is 0 Å². The number of anilines is 2. The van der Waals surface area contributed by atoms with Crippen LogP contribution in [0, 0.1) is 0 Å². The first-order chi connectivity index (χ1) is 9.06. The Hall–Kier alpha value is -2.38. The Balaban J connectivity index is 1.89. The van der Waals surface area contributed by atoms with Crippen LogP contribution in [0.15, 0.2) is 12.4 Å². The predicted octanol–water partition coefficient (Wildman–Crippen LogP) is -0.0667. The largest absolute Gasteiger partial charge is 0.448 e. The summed E-state index contributed by atoms with van der Waals surface area (Å²) < 4.78 is 4.74. The molecule has 102 valence electrons. The Labute approximate surface area is 110 Å². The van der Waals surface area contributed by atoms with E-state index in [0.717, 1.165) is 0 Å². The Kier molecular flexibility index (Phi) is 3.79. The van der Waals surface area contributed by atoms with Crippen LogP contribution in [0.1, 0.15) is 0 Å². The zero-order valence-corrected chi connectivity index (χ0v) is 10.8. The lowest BCUT2D eigenvalue weighted by molar-refractivity contribution is -0.116. The second kappa shape index (κ2) is 5.51. The van der Waals surface area contributed by atoms with E-state index in [1.807, 2.05) is 14.1 Å². The number of rotatable bonds is 4. The molecule has 1 fully saturated rings. The molecule has 2 rings (SSSR count). The molecule has 2 heterocycles. The van der Waals surface area contributed by atoms with Gasteiger partial charge in [0.1, 0.15) is 13.2 Å². The van der Waals surface area contributed by atoms with Crippen LogP contribution in [0.2, 0.25) is 0 Å². The van der Waals surface area contributed by atoms with E-state index in [1.165, 1.54) is 17.3 Å². The van der Waals surface area contributed by atoms with Gasteiger partial charge in [-0.1, -0.05) is 0 Å². The van der Waals surface area contributed by atoms with Gasteiger partial charge in [0.2, 0.25) is 11.9 Å². The first-order valence-electron chi connectivity index (χ1n) is 5.77. The lowest BCUT2D eigenvalue weighted by Crippen LogP contribution is -2.33. The van der Waals surface area contributed by atoms with Gasteiger partial charge in [-0.2, -0.15) is 0 Å². The normalized spacial score (nSPS) is 14.2. The molecule has 0 radical (unpaired) electrons. The molecule has 0 unspecified atom stereocenters. The van der Waals surface area contributed by atoms with Crippen LogP contribution in [0.4, 0.5) is 16.4 Å². The van der Waals surface area contributed by atoms with Gasteiger partial charge in [-0.15, -0.1) is 0 Å². The van der Waals surface area contributed by atoms with E-state index in [2.05, 4.69) is 15.3 Å². The van der Waals surface area contributed by atoms with E-state index in [1.54, 1.807) is 4.90 Å². The highest BCUT2D eigenvalue weighted by molar-refractivity contribution is 5.93. The van der Waals surface area contributed by atoms with E-state index in [-0.39, 0.29) is 12.5 Å². The Morgan fingerprint density at radius 1 is 1.47 bits per heavy atom. The number of hydrogen-bond donors (Lipinski definition) is 1. The van der Waals surface area contributed by atoms with Crippen molar-refractivity contribution in [2.24, 2.45) is 0 Å². The van der Waals surface area contributed by atoms with Crippen LogP contribution in [0.5, 0.6) is 0 Å². The van der Waals surface area contributed by atoms with Crippen LogP contribution < -0.4 is 10.2 Å². The Morgan fingerprint density at radius 2 is 2.16 bits per heavy atom. The number of cyclic esters (lactones) is 1. The molecule has 0 spiro atoms. The third-order valence-corrected chi connectivity index (χ3v) is 2.50. The van der Waals surface area contributed by atoms with Crippen LogP contribution >= 0.6 is 0 Å². The second-order valence-corrected chi connectivity index (χ2v) is 4.25. The molecule has 0 aromatic carbocycles. The maximum atomic E-state index is 11.7. The molecular weight excluding hydrogens is 250 g/mol. The number of nitrogens with one attached hydrogen (secondary N) is 1. The van der Waals surface area contributed by atoms with Crippen LogP contribution in [0.25, 0.3) is 0 Å². The minimum atomic E-state index is -0.464. The molecule has 1 N–H and O–H groups in total. The molecule has 0 atom stereocenters. The molecule has 1 aliphatic heterocycles. The van der Waals surface area contributed by atoms with Gasteiger partial charge in [0.05, 0.1) is 24.6 Å². The average Bonchev–Trinajstić information content (AvgIpc) is 2.75. The molecule has 8 nitrogen and oxygen atoms in total. The zero-order chi connectivity index (χ0) is 13.8. The average molecular weight is 265 g/mol. The minimum absolute atomic E-state index is 0.0335. The molecule has 0 bridgehead atoms. The maximum absolute atomic E-state index is 11.7. The molecule has 19 heavy (non-hydrogen) atoms. The summed E-state index contributed by atoms with van der Waals surface area (Å²) in [7, 11) is 3.65. The SMILES string of the molecule is CN(C)c1ncc(NC(=O)CN2CCOC2=O)cn1. The summed E-state index contributed by atoms with van der Waals surface area (Å²) in [5.41, 5.74) is 0.489. The van der Waals surface area contributed by atoms with E-state index < -0.39 is 6.09 Å². The summed E-state index contributed by atoms with van der Waals surface area (Å²) in [4.78, 5) is 34.1. The Morgan fingerprint density at radius 3 is 2.68 bits per heavy atom. The second-order valence-electron chi connectivity index (χ2n) is 4.25. The number of hydrogen-bond acceptors (Lipinski definition) is 6. The minimum Gasteiger partial charge on any atom is -0.448 e. The number of carbonyl (C=O) groups excluding carboxylic acids is 2. The smallest absolute Gasteiger partial charge is 0.410 e. The summed E-state index contributed by atoms with van der Waals surface area (Å²) in [6.45, 7) is 0.726. The van der Waals surface area contributed by atoms with Gasteiger partial charge in [0.15, 0.2) is 0 Å². The first-order valence-corrected chi connectivity index (χ1v) is 5.77. The van der Waals surface area contributed by atoms with Gasteiger partial charge in [-0.3, -0.25) is 9.69 Å². The predicted molar refractivity (Wildman–Crippen MR) is 67.9 cm³/mol. The maximum Gasteiger partial charge on any atom is 0.410 e. The van der Waals surface area contributed by atoms with Crippen molar-refractivity contribution in [3.05, 3.63) is 12.4 Å². The van der Waals surface area contributed by atoms with Crippen molar-refractivity contribution < 1.29 is 14.3 Å². The molecule has 1 aromatic heterocycles. The highest BCUT2D eigenvalue weighted by atomic mass is 16.6. The highest BCUT2D eigenvalue weighted by Crippen LogP contribution is 2.08. The molecular formula is C11H15N5O3. The first kappa shape index (κ1) is 13.1. The summed E-state index contributed by atoms with van der Waals surface area (Å²) in [6.07, 6.45) is 2.57. The highest BCUT2D eigenvalue weighted by Gasteiger charge is 2.24. The number of ether oxygens (including phenoxy) is 1. The lowest BCUT2D eigenvalue weighted by Gasteiger charge is -2.13. The fourth-order valence-electron chi connectivity index (χ4n) is 1.56. The van der Waals surface area contributed by atoms with E-state index >= 15 is 0 Å². The standard InChI is InChI=1S/C11H15N5O3/c1-15(2)10-12-5-8(6-13-10)14-9(17)7-16-3-4-19-11(16)18/h5-6H,3-4,7H2,1-2H3,(H,14,17). The molecule has 1 aromatic rings. The van der Waals surface area contributed by atoms with Crippen LogP contribution in [-0.2, 0) is 9.53 Å². The summed E-state index contributed by atoms with van der Waals surface area (Å²) in [5, 5.41) is 2.62. The zero-order valence-electron chi connectivity index (χ0n) is 10.8. The molecule has 0 saturated carbocycles. The van der Waals surface area contributed by atoms with E-state index in [9.17, 15) is 9.59 Å². The number of carbonyl (C=O) groups is 2. The van der Waals surface area contributed by atoms with Crippen LogP contribution in [-0.4, -0.2) is 60.7 Å². The molecule has 2 amide bonds. The van der Waals surface area contributed by atoms with Gasteiger partial charge < -0.3 is 15.0 Å². The number of nitrogens with zero attached hydrogens (tertiary/aromatic N) is 4. The van der Waals surface area contributed by atoms with Gasteiger partial charge in [-0.25, -0.2) is 14.8 Å². The fourth-order valence-corrected chi connectivity index (χ4v) is 1.56. The van der Waals surface area contributed by atoms with Crippen molar-refractivity contribution in [2.75, 3.05) is 44.0 Å². The third kappa shape index (κ3) is 3.30. The topological polar surface area (TPSA) is 87.7 Å². The molecule has 1 saturated heterocycles. The van der Waals surface area contributed by atoms with Gasteiger partial charge in [-0.05, 0) is 0 Å². The number of amides is 2. The van der Waals surface area contributed by atoms with Crippen molar-refractivity contribution in [1.29, 1.82) is 0 Å². The number of aromatic nitrogens is 2. The van der Waals surface area contributed by atoms with Crippen molar-refractivity contribution >= 4 is 23.6 Å². The molecule has 8 heteroatoms. The van der Waals surface area contributed by atoms with Crippen molar-refractivity contribution in [1.82, 2.24) is 14.9 Å². The van der Waals surface area contributed by atoms with Gasteiger partial charge in [0, 0.05) is 14.1 Å². The fraction of sp³-hybridized carbons (Fsp3) is 0.455. The van der Waals surface area contributed by atoms with Gasteiger partial charge in [0.25, 0.3) is 0 Å². The summed E-state index contributed by atoms with van der Waals surface area (Å²) >= 11 is 0. The summed E-state index contributed by atoms with van der Waals surface area (Å²) in [6, 6.07) is 0. The monoisotopic (exact) mass is 265 g/mol. The quantitative estimate of drug-likeness (QED) is 0.820. The lowest BCUT2D eigenvalue weighted by atomic mass is 10.4. The molecule has 0 aliphatic carbocycles. The van der Waals surface area contributed by atoms with Crippen LogP contribution in [0.3, 0.4) is 0 Å². The molecule has 1 aliphatic rings. The van der Waals surface area contributed by atoms with Crippen molar-refractivity contribution in [3.63, 3.8) is 0 Å². The Bertz CT molecular complexity index is 474. The summed E-state index contributed by atoms with van der Waals surface area (Å²) in [5.74, 6) is 0.251. The van der Waals surface area contributed by atoms with Crippen molar-refractivity contribution in [2.45, 2.75) is 0 Å². The van der Waals surface area contributed by atoms with E-state index in [4.69, 9.17) is 4.74 Å². The third-order valence-electron chi connectivity index (χ3n) is 2.50. The van der Waals surface area contributed by atoms with E-state index in [0.29, 0.717) is 24.8 Å². The van der Waals surface area contributed by atoms with Gasteiger partial charge >= 0.3 is 6.09 Å².